The molecular formula is C10H11IN2O. The summed E-state index contributed by atoms with van der Waals surface area (Å²) in [7, 11) is 0. The summed E-state index contributed by atoms with van der Waals surface area (Å²) in [6.45, 7) is 2.15. The second-order valence-corrected chi connectivity index (χ2v) is 4.47. The molecule has 4 heteroatoms. The number of fused-ring (bicyclic) bond motifs is 1. The Balaban J connectivity index is 2.66. The highest BCUT2D eigenvalue weighted by atomic mass is 127. The summed E-state index contributed by atoms with van der Waals surface area (Å²) >= 11 is 2.29. The molecule has 2 aromatic rings. The van der Waals surface area contributed by atoms with Gasteiger partial charge in [0.25, 0.3) is 0 Å². The van der Waals surface area contributed by atoms with E-state index in [-0.39, 0.29) is 12.6 Å². The smallest absolute Gasteiger partial charge is 0.0636 e. The van der Waals surface area contributed by atoms with Gasteiger partial charge in [-0.1, -0.05) is 0 Å². The van der Waals surface area contributed by atoms with Gasteiger partial charge in [-0.05, 0) is 35.6 Å². The molecule has 0 amide bonds. The average molecular weight is 302 g/mol. The van der Waals surface area contributed by atoms with Crippen molar-refractivity contribution in [1.82, 2.24) is 9.55 Å². The normalized spacial score (nSPS) is 13.4. The first kappa shape index (κ1) is 9.92. The third-order valence-corrected chi connectivity index (χ3v) is 3.18. The van der Waals surface area contributed by atoms with Crippen molar-refractivity contribution >= 4 is 33.5 Å². The number of rotatable bonds is 2. The van der Waals surface area contributed by atoms with Crippen LogP contribution in [0.2, 0.25) is 0 Å². The fourth-order valence-electron chi connectivity index (χ4n) is 1.51. The maximum atomic E-state index is 9.12. The van der Waals surface area contributed by atoms with E-state index in [9.17, 15) is 0 Å². The summed E-state index contributed by atoms with van der Waals surface area (Å²) in [5.74, 6) is 0. The van der Waals surface area contributed by atoms with Crippen LogP contribution in [0.3, 0.4) is 0 Å². The lowest BCUT2D eigenvalue weighted by atomic mass is 10.3. The van der Waals surface area contributed by atoms with Gasteiger partial charge in [-0.15, -0.1) is 0 Å². The Hall–Kier alpha value is -0.620. The zero-order valence-electron chi connectivity index (χ0n) is 7.81. The van der Waals surface area contributed by atoms with Gasteiger partial charge in [0.05, 0.1) is 18.2 Å². The molecular weight excluding hydrogens is 291 g/mol. The SMILES string of the molecule is CC(CO)n1cc(I)c2cnccc21. The molecule has 2 aromatic heterocycles. The lowest BCUT2D eigenvalue weighted by Gasteiger charge is -2.11. The van der Waals surface area contributed by atoms with Crippen molar-refractivity contribution in [1.29, 1.82) is 0 Å². The largest absolute Gasteiger partial charge is 0.394 e. The van der Waals surface area contributed by atoms with Crippen molar-refractivity contribution in [3.8, 4) is 0 Å². The molecule has 0 saturated carbocycles. The van der Waals surface area contributed by atoms with Crippen LogP contribution in [-0.2, 0) is 0 Å². The average Bonchev–Trinajstić information content (AvgIpc) is 2.56. The standard InChI is InChI=1S/C10H11IN2O/c1-7(6-14)13-5-9(11)8-4-12-3-2-10(8)13/h2-5,7,14H,6H2,1H3. The second-order valence-electron chi connectivity index (χ2n) is 3.31. The molecule has 0 aliphatic rings. The fourth-order valence-corrected chi connectivity index (χ4v) is 2.23. The predicted octanol–water partition coefficient (Wildman–Crippen LogP) is 2.19. The monoisotopic (exact) mass is 302 g/mol. The summed E-state index contributed by atoms with van der Waals surface area (Å²) in [6.07, 6.45) is 5.69. The minimum atomic E-state index is 0.114. The number of aromatic nitrogens is 2. The first-order chi connectivity index (χ1) is 6.74. The van der Waals surface area contributed by atoms with Crippen molar-refractivity contribution in [3.63, 3.8) is 0 Å². The number of aliphatic hydroxyl groups is 1. The second kappa shape index (κ2) is 3.86. The molecule has 0 fully saturated rings. The van der Waals surface area contributed by atoms with E-state index in [1.54, 1.807) is 6.20 Å². The summed E-state index contributed by atoms with van der Waals surface area (Å²) in [5.41, 5.74) is 1.13. The maximum Gasteiger partial charge on any atom is 0.0636 e. The van der Waals surface area contributed by atoms with E-state index in [1.165, 1.54) is 3.57 Å². The van der Waals surface area contributed by atoms with Gasteiger partial charge in [-0.2, -0.15) is 0 Å². The Morgan fingerprint density at radius 2 is 2.43 bits per heavy atom. The van der Waals surface area contributed by atoms with E-state index >= 15 is 0 Å². The van der Waals surface area contributed by atoms with Crippen LogP contribution in [-0.4, -0.2) is 21.3 Å². The Labute approximate surface area is 95.9 Å². The third-order valence-electron chi connectivity index (χ3n) is 2.33. The van der Waals surface area contributed by atoms with E-state index < -0.39 is 0 Å². The molecule has 0 spiro atoms. The quantitative estimate of drug-likeness (QED) is 0.864. The highest BCUT2D eigenvalue weighted by Gasteiger charge is 2.10. The molecule has 0 radical (unpaired) electrons. The summed E-state index contributed by atoms with van der Waals surface area (Å²) in [6, 6.07) is 2.09. The van der Waals surface area contributed by atoms with E-state index in [4.69, 9.17) is 5.11 Å². The van der Waals surface area contributed by atoms with Gasteiger partial charge < -0.3 is 9.67 Å². The number of hydrogen-bond acceptors (Lipinski definition) is 2. The van der Waals surface area contributed by atoms with Crippen molar-refractivity contribution in [2.45, 2.75) is 13.0 Å². The zero-order valence-corrected chi connectivity index (χ0v) is 9.97. The first-order valence-corrected chi connectivity index (χ1v) is 5.53. The lowest BCUT2D eigenvalue weighted by molar-refractivity contribution is 0.241. The molecule has 74 valence electrons. The molecule has 3 nitrogen and oxygen atoms in total. The van der Waals surface area contributed by atoms with Crippen LogP contribution >= 0.6 is 22.6 Å². The Morgan fingerprint density at radius 3 is 3.14 bits per heavy atom. The van der Waals surface area contributed by atoms with Crippen LogP contribution in [0.15, 0.2) is 24.7 Å². The van der Waals surface area contributed by atoms with Crippen LogP contribution in [0.25, 0.3) is 10.9 Å². The summed E-state index contributed by atoms with van der Waals surface area (Å²) in [4.78, 5) is 4.09. The molecule has 1 atom stereocenters. The zero-order chi connectivity index (χ0) is 10.1. The lowest BCUT2D eigenvalue weighted by Crippen LogP contribution is -2.07. The number of pyridine rings is 1. The molecule has 0 bridgehead atoms. The van der Waals surface area contributed by atoms with Crippen molar-refractivity contribution < 1.29 is 5.11 Å². The van der Waals surface area contributed by atoms with Crippen LogP contribution in [0.4, 0.5) is 0 Å². The first-order valence-electron chi connectivity index (χ1n) is 4.45. The molecule has 2 heterocycles. The molecule has 1 unspecified atom stereocenters. The van der Waals surface area contributed by atoms with Gasteiger partial charge in [0.15, 0.2) is 0 Å². The van der Waals surface area contributed by atoms with Crippen molar-refractivity contribution in [3.05, 3.63) is 28.2 Å². The Morgan fingerprint density at radius 1 is 1.64 bits per heavy atom. The van der Waals surface area contributed by atoms with Gasteiger partial charge in [0.1, 0.15) is 0 Å². The molecule has 0 saturated heterocycles. The van der Waals surface area contributed by atoms with Crippen LogP contribution in [0.5, 0.6) is 0 Å². The van der Waals surface area contributed by atoms with Crippen molar-refractivity contribution in [2.75, 3.05) is 6.61 Å². The van der Waals surface area contributed by atoms with Crippen molar-refractivity contribution in [2.24, 2.45) is 0 Å². The van der Waals surface area contributed by atoms with Gasteiger partial charge in [-0.3, -0.25) is 4.98 Å². The summed E-state index contributed by atoms with van der Waals surface area (Å²) in [5, 5.41) is 10.3. The number of hydrogen-bond donors (Lipinski definition) is 1. The van der Waals surface area contributed by atoms with Gasteiger partial charge in [0, 0.05) is 27.5 Å². The van der Waals surface area contributed by atoms with Crippen LogP contribution < -0.4 is 0 Å². The predicted molar refractivity (Wildman–Crippen MR) is 64.2 cm³/mol. The minimum absolute atomic E-state index is 0.114. The van der Waals surface area contributed by atoms with E-state index in [0.717, 1.165) is 10.9 Å². The van der Waals surface area contributed by atoms with Gasteiger partial charge in [-0.25, -0.2) is 0 Å². The number of aliphatic hydroxyl groups excluding tert-OH is 1. The molecule has 1 N–H and O–H groups in total. The van der Waals surface area contributed by atoms with Gasteiger partial charge in [0.2, 0.25) is 0 Å². The minimum Gasteiger partial charge on any atom is -0.394 e. The Kier molecular flexibility index (Phi) is 2.73. The molecule has 0 aromatic carbocycles. The topological polar surface area (TPSA) is 38.0 Å². The number of nitrogens with zero attached hydrogens (tertiary/aromatic N) is 2. The molecule has 14 heavy (non-hydrogen) atoms. The van der Waals surface area contributed by atoms with E-state index in [2.05, 4.69) is 32.1 Å². The molecule has 0 aliphatic carbocycles. The fraction of sp³-hybridized carbons (Fsp3) is 0.300. The van der Waals surface area contributed by atoms with E-state index in [1.807, 2.05) is 25.4 Å². The summed E-state index contributed by atoms with van der Waals surface area (Å²) < 4.78 is 3.25. The highest BCUT2D eigenvalue weighted by molar-refractivity contribution is 14.1. The molecule has 0 aliphatic heterocycles. The van der Waals surface area contributed by atoms with Crippen LogP contribution in [0.1, 0.15) is 13.0 Å². The third kappa shape index (κ3) is 1.52. The highest BCUT2D eigenvalue weighted by Crippen LogP contribution is 2.24. The molecule has 2 rings (SSSR count). The van der Waals surface area contributed by atoms with Gasteiger partial charge >= 0.3 is 0 Å². The number of halogens is 1. The van der Waals surface area contributed by atoms with E-state index in [0.29, 0.717) is 0 Å². The maximum absolute atomic E-state index is 9.12. The Bertz CT molecular complexity index is 452. The van der Waals surface area contributed by atoms with Crippen LogP contribution in [0, 0.1) is 3.57 Å².